The number of nitrogens with zero attached hydrogens (tertiary/aromatic N) is 6. The van der Waals surface area contributed by atoms with Crippen molar-refractivity contribution >= 4 is 33.5 Å². The lowest BCUT2D eigenvalue weighted by Gasteiger charge is -2.37. The van der Waals surface area contributed by atoms with Crippen LogP contribution in [0.3, 0.4) is 0 Å². The minimum atomic E-state index is -4.53. The van der Waals surface area contributed by atoms with Gasteiger partial charge < -0.3 is 14.9 Å². The molecule has 0 saturated carbocycles. The van der Waals surface area contributed by atoms with Crippen LogP contribution < -0.4 is 9.62 Å². The highest BCUT2D eigenvalue weighted by molar-refractivity contribution is 7.92. The van der Waals surface area contributed by atoms with Crippen LogP contribution in [-0.2, 0) is 27.5 Å². The van der Waals surface area contributed by atoms with Crippen molar-refractivity contribution in [2.75, 3.05) is 74.8 Å². The Morgan fingerprint density at radius 2 is 1.64 bits per heavy atom. The summed E-state index contributed by atoms with van der Waals surface area (Å²) in [4.78, 5) is 30.7. The summed E-state index contributed by atoms with van der Waals surface area (Å²) in [5.41, 5.74) is 0.0626. The molecule has 2 saturated heterocycles. The lowest BCUT2D eigenvalue weighted by molar-refractivity contribution is -0.138. The van der Waals surface area contributed by atoms with E-state index in [0.717, 1.165) is 17.0 Å². The first-order valence-corrected chi connectivity index (χ1v) is 14.1. The average molecular weight is 574 g/mol. The van der Waals surface area contributed by atoms with E-state index >= 15 is 0 Å². The molecule has 2 N–H and O–H groups in total. The van der Waals surface area contributed by atoms with Gasteiger partial charge in [0.15, 0.2) is 5.82 Å². The Kier molecular flexibility index (Phi) is 8.37. The predicted molar refractivity (Wildman–Crippen MR) is 136 cm³/mol. The smallest absolute Gasteiger partial charge is 0.418 e. The van der Waals surface area contributed by atoms with Crippen LogP contribution in [0, 0.1) is 0 Å². The van der Waals surface area contributed by atoms with Gasteiger partial charge in [-0.2, -0.15) is 17.9 Å². The summed E-state index contributed by atoms with van der Waals surface area (Å²) in [7, 11) is -3.53. The van der Waals surface area contributed by atoms with Gasteiger partial charge in [-0.15, -0.1) is 5.10 Å². The SMILES string of the molecule is CS(=O)(=O)Nc1ccn(C(=O)N2CCN(Cc3ccc(C(F)(F)F)c(N4CCN(CC(=O)O)CC4)c3)CC2)n1. The van der Waals surface area contributed by atoms with Gasteiger partial charge in [0.05, 0.1) is 18.4 Å². The van der Waals surface area contributed by atoms with Gasteiger partial charge >= 0.3 is 18.2 Å². The summed E-state index contributed by atoms with van der Waals surface area (Å²) in [5, 5.41) is 12.9. The largest absolute Gasteiger partial charge is 0.480 e. The number of hydrogen-bond donors (Lipinski definition) is 2. The monoisotopic (exact) mass is 573 g/mol. The molecule has 0 spiro atoms. The van der Waals surface area contributed by atoms with Gasteiger partial charge in [0.1, 0.15) is 0 Å². The molecule has 0 bridgehead atoms. The minimum Gasteiger partial charge on any atom is -0.480 e. The van der Waals surface area contributed by atoms with Crippen molar-refractivity contribution in [2.24, 2.45) is 0 Å². The quantitative estimate of drug-likeness (QED) is 0.503. The highest BCUT2D eigenvalue weighted by atomic mass is 32.2. The number of nitrogens with one attached hydrogen (secondary N) is 1. The number of alkyl halides is 3. The summed E-state index contributed by atoms with van der Waals surface area (Å²) in [5.74, 6) is -0.938. The zero-order valence-electron chi connectivity index (χ0n) is 21.3. The molecule has 1 aromatic carbocycles. The van der Waals surface area contributed by atoms with Crippen molar-refractivity contribution in [3.63, 3.8) is 0 Å². The third-order valence-corrected chi connectivity index (χ3v) is 7.14. The molecule has 0 aliphatic carbocycles. The van der Waals surface area contributed by atoms with E-state index in [0.29, 0.717) is 51.4 Å². The molecule has 2 aliphatic rings. The van der Waals surface area contributed by atoms with Crippen LogP contribution in [0.25, 0.3) is 0 Å². The van der Waals surface area contributed by atoms with E-state index in [4.69, 9.17) is 5.11 Å². The molecule has 0 unspecified atom stereocenters. The molecule has 1 aromatic heterocycles. The van der Waals surface area contributed by atoms with Crippen molar-refractivity contribution in [1.82, 2.24) is 24.5 Å². The number of benzene rings is 1. The lowest BCUT2D eigenvalue weighted by atomic mass is 10.1. The number of rotatable bonds is 7. The van der Waals surface area contributed by atoms with E-state index in [2.05, 4.69) is 9.82 Å². The zero-order chi connectivity index (χ0) is 28.4. The van der Waals surface area contributed by atoms with Crippen LogP contribution in [0.4, 0.5) is 29.5 Å². The van der Waals surface area contributed by atoms with Crippen molar-refractivity contribution in [2.45, 2.75) is 12.7 Å². The van der Waals surface area contributed by atoms with Crippen molar-refractivity contribution in [3.8, 4) is 0 Å². The van der Waals surface area contributed by atoms with Crippen LogP contribution in [0.2, 0.25) is 0 Å². The summed E-state index contributed by atoms with van der Waals surface area (Å²) in [6, 6.07) is 5.07. The number of carbonyl (C=O) groups is 2. The Labute approximate surface area is 223 Å². The van der Waals surface area contributed by atoms with Crippen molar-refractivity contribution in [1.29, 1.82) is 0 Å². The molecule has 214 valence electrons. The standard InChI is InChI=1S/C23H30F3N7O5S/c1-39(37,38)28-20-4-5-33(27-20)22(36)32-12-8-29(9-13-32)15-17-2-3-18(23(24,25)26)19(14-17)31-10-6-30(7-11-31)16-21(34)35/h2-5,14H,6-13,15-16H2,1H3,(H,27,28)(H,34,35). The molecule has 1 amide bonds. The van der Waals surface area contributed by atoms with Crippen LogP contribution >= 0.6 is 0 Å². The molecule has 4 rings (SSSR count). The maximum Gasteiger partial charge on any atom is 0.418 e. The van der Waals surface area contributed by atoms with E-state index in [-0.39, 0.29) is 31.1 Å². The Bertz CT molecular complexity index is 1300. The number of anilines is 2. The van der Waals surface area contributed by atoms with Crippen molar-refractivity contribution in [3.05, 3.63) is 41.6 Å². The summed E-state index contributed by atoms with van der Waals surface area (Å²) in [6.45, 7) is 3.25. The normalized spacial score (nSPS) is 17.8. The topological polar surface area (TPSA) is 131 Å². The zero-order valence-corrected chi connectivity index (χ0v) is 22.1. The third-order valence-electron chi connectivity index (χ3n) is 6.56. The molecule has 2 aromatic rings. The highest BCUT2D eigenvalue weighted by Crippen LogP contribution is 2.37. The summed E-state index contributed by atoms with van der Waals surface area (Å²) in [6.07, 6.45) is -2.18. The molecular formula is C23H30F3N7O5S. The van der Waals surface area contributed by atoms with E-state index in [1.54, 1.807) is 20.8 Å². The van der Waals surface area contributed by atoms with Gasteiger partial charge in [-0.05, 0) is 17.7 Å². The number of halogens is 3. The Hall–Kier alpha value is -3.37. The number of carboxylic acid groups (broad SMARTS) is 1. The van der Waals surface area contributed by atoms with Gasteiger partial charge in [0.25, 0.3) is 0 Å². The van der Waals surface area contributed by atoms with Gasteiger partial charge in [-0.1, -0.05) is 6.07 Å². The average Bonchev–Trinajstić information content (AvgIpc) is 3.30. The summed E-state index contributed by atoms with van der Waals surface area (Å²) >= 11 is 0. The fourth-order valence-electron chi connectivity index (χ4n) is 4.69. The maximum atomic E-state index is 13.8. The number of carbonyl (C=O) groups excluding carboxylic acids is 1. The van der Waals surface area contributed by atoms with Gasteiger partial charge in [-0.25, -0.2) is 13.2 Å². The second kappa shape index (κ2) is 11.4. The third kappa shape index (κ3) is 7.60. The first-order valence-electron chi connectivity index (χ1n) is 12.2. The second-order valence-corrected chi connectivity index (χ2v) is 11.3. The van der Waals surface area contributed by atoms with E-state index in [1.165, 1.54) is 18.3 Å². The molecule has 39 heavy (non-hydrogen) atoms. The molecule has 12 nitrogen and oxygen atoms in total. The predicted octanol–water partition coefficient (Wildman–Crippen LogP) is 1.27. The first-order chi connectivity index (χ1) is 18.3. The molecule has 3 heterocycles. The van der Waals surface area contributed by atoms with Gasteiger partial charge in [0.2, 0.25) is 10.0 Å². The van der Waals surface area contributed by atoms with Crippen LogP contribution in [0.1, 0.15) is 11.1 Å². The second-order valence-electron chi connectivity index (χ2n) is 9.57. The number of amides is 1. The molecule has 2 aliphatic heterocycles. The first kappa shape index (κ1) is 28.6. The van der Waals surface area contributed by atoms with Crippen LogP contribution in [0.5, 0.6) is 0 Å². The highest BCUT2D eigenvalue weighted by Gasteiger charge is 2.36. The molecule has 16 heteroatoms. The minimum absolute atomic E-state index is 0.0332. The Balaban J connectivity index is 1.38. The van der Waals surface area contributed by atoms with Gasteiger partial charge in [-0.3, -0.25) is 19.3 Å². The molecular weight excluding hydrogens is 543 g/mol. The lowest BCUT2D eigenvalue weighted by Crippen LogP contribution is -2.49. The Morgan fingerprint density at radius 1 is 1.00 bits per heavy atom. The maximum absolute atomic E-state index is 13.8. The number of aromatic nitrogens is 2. The Morgan fingerprint density at radius 3 is 2.23 bits per heavy atom. The fraction of sp³-hybridized carbons (Fsp3) is 0.522. The van der Waals surface area contributed by atoms with E-state index in [1.807, 2.05) is 4.90 Å². The van der Waals surface area contributed by atoms with Gasteiger partial charge in [0, 0.05) is 76.9 Å². The molecule has 0 atom stereocenters. The molecule has 0 radical (unpaired) electrons. The van der Waals surface area contributed by atoms with Crippen molar-refractivity contribution < 1.29 is 36.3 Å². The number of carboxylic acids is 1. The fourth-order valence-corrected chi connectivity index (χ4v) is 5.18. The molecule has 2 fully saturated rings. The van der Waals surface area contributed by atoms with Crippen LogP contribution in [0.15, 0.2) is 30.5 Å². The number of hydrogen-bond acceptors (Lipinski definition) is 8. The van der Waals surface area contributed by atoms with Crippen LogP contribution in [-0.4, -0.2) is 115 Å². The van der Waals surface area contributed by atoms with E-state index in [9.17, 15) is 31.2 Å². The summed E-state index contributed by atoms with van der Waals surface area (Å²) < 4.78 is 67.3. The van der Waals surface area contributed by atoms with E-state index < -0.39 is 33.8 Å². The number of piperazine rings is 2. The number of aliphatic carboxylic acids is 1. The number of sulfonamides is 1.